The Bertz CT molecular complexity index is 235. The van der Waals surface area contributed by atoms with Gasteiger partial charge in [0, 0.05) is 0 Å². The van der Waals surface area contributed by atoms with E-state index in [0.29, 0.717) is 0 Å². The first-order valence-electron chi connectivity index (χ1n) is 7.45. The van der Waals surface area contributed by atoms with Crippen molar-refractivity contribution in [3.63, 3.8) is 0 Å². The average Bonchev–Trinajstić information content (AvgIpc) is 2.62. The van der Waals surface area contributed by atoms with Gasteiger partial charge >= 0.3 is 62.2 Å². The van der Waals surface area contributed by atoms with Crippen molar-refractivity contribution in [2.75, 3.05) is 0 Å². The number of hydrogen-bond donors (Lipinski definition) is 0. The Hall–Kier alpha value is 0.544. The van der Waals surface area contributed by atoms with E-state index in [4.69, 9.17) is 19.7 Å². The summed E-state index contributed by atoms with van der Waals surface area (Å²) in [5.74, 6) is 0. The van der Waals surface area contributed by atoms with Gasteiger partial charge in [-0.2, -0.15) is 12.1 Å². The Labute approximate surface area is 189 Å². The Morgan fingerprint density at radius 1 is 0.727 bits per heavy atom. The van der Waals surface area contributed by atoms with Gasteiger partial charge in [-0.1, -0.05) is 55.4 Å². The van der Waals surface area contributed by atoms with Crippen LogP contribution in [-0.4, -0.2) is 0 Å². The van der Waals surface area contributed by atoms with Gasteiger partial charge in [-0.3, -0.25) is 0 Å². The minimum absolute atomic E-state index is 0. The fourth-order valence-electron chi connectivity index (χ4n) is 0.511. The molecule has 0 aliphatic rings. The number of rotatable bonds is 2. The van der Waals surface area contributed by atoms with Crippen molar-refractivity contribution in [1.29, 1.82) is 0 Å². The summed E-state index contributed by atoms with van der Waals surface area (Å²) < 4.78 is 0. The molecule has 0 heterocycles. The van der Waals surface area contributed by atoms with Gasteiger partial charge in [-0.05, 0) is 0 Å². The van der Waals surface area contributed by atoms with Crippen molar-refractivity contribution in [3.8, 4) is 0 Å². The minimum Gasteiger partial charge on any atom is -0.394 e. The molecule has 0 aliphatic carbocycles. The van der Waals surface area contributed by atoms with Crippen molar-refractivity contribution in [2.45, 2.75) is 55.4 Å². The van der Waals surface area contributed by atoms with Gasteiger partial charge in [-0.25, -0.2) is 12.1 Å². The minimum atomic E-state index is 0. The summed E-state index contributed by atoms with van der Waals surface area (Å²) in [4.78, 5) is 0. The molecule has 0 nitrogen and oxygen atoms in total. The number of benzene rings is 1. The Morgan fingerprint density at radius 3 is 1.23 bits per heavy atom. The fraction of sp³-hybridized carbons (Fsp3) is 0.400. The second-order valence-electron chi connectivity index (χ2n) is 1.87. The maximum atomic E-state index is 5.19. The maximum absolute atomic E-state index is 5.19. The molecule has 0 radical (unpaired) electrons. The van der Waals surface area contributed by atoms with Gasteiger partial charge < -0.3 is 43.5 Å². The summed E-state index contributed by atoms with van der Waals surface area (Å²) in [5, 5.41) is 0. The van der Waals surface area contributed by atoms with E-state index in [1.54, 1.807) is 0 Å². The van der Waals surface area contributed by atoms with Crippen LogP contribution in [0.1, 0.15) is 61.0 Å². The van der Waals surface area contributed by atoms with Crippen molar-refractivity contribution in [1.82, 2.24) is 0 Å². The Morgan fingerprint density at radius 2 is 1.09 bits per heavy atom. The van der Waals surface area contributed by atoms with Crippen molar-refractivity contribution < 1.29 is 62.2 Å². The Balaban J connectivity index is -0.0000000281. The molecule has 1 rings (SSSR count). The topological polar surface area (TPSA) is 0 Å². The third kappa shape index (κ3) is 58.9. The predicted molar refractivity (Wildman–Crippen MR) is 97.2 cm³/mol. The summed E-state index contributed by atoms with van der Waals surface area (Å²) >= 11 is 0. The van der Waals surface area contributed by atoms with Crippen LogP contribution in [0.2, 0.25) is 0 Å². The maximum Gasteiger partial charge on any atom is 2.00 e. The van der Waals surface area contributed by atoms with E-state index in [1.807, 2.05) is 79.7 Å². The standard InChI is InChI=1S/C8H6.C4H4.4C2H6.2U/c1-2-8-6-4-3-5-7-8;1-3-4-2;4*1-2;;/h1-6H;1-4H;4*1-2H3;;/q2*-2;;;;;2*+2. The zero-order valence-electron chi connectivity index (χ0n) is 15.8. The molecule has 0 N–H and O–H groups in total. The molecule has 0 saturated carbocycles. The first-order valence-corrected chi connectivity index (χ1v) is 7.45. The summed E-state index contributed by atoms with van der Waals surface area (Å²) in [7, 11) is 0. The van der Waals surface area contributed by atoms with E-state index in [1.165, 1.54) is 18.2 Å². The van der Waals surface area contributed by atoms with E-state index in [9.17, 15) is 0 Å². The van der Waals surface area contributed by atoms with E-state index in [-0.39, 0.29) is 62.2 Å². The molecule has 1 aromatic carbocycles. The largest absolute Gasteiger partial charge is 2.00 e. The van der Waals surface area contributed by atoms with Crippen LogP contribution >= 0.6 is 0 Å². The van der Waals surface area contributed by atoms with Crippen LogP contribution in [-0.2, 0) is 0 Å². The Kier molecular flexibility index (Phi) is 134. The molecule has 0 unspecified atom stereocenters. The van der Waals surface area contributed by atoms with Crippen LogP contribution in [0.25, 0.3) is 6.08 Å². The monoisotopic (exact) mass is 750 g/mol. The molecule has 0 fully saturated rings. The van der Waals surface area contributed by atoms with Crippen LogP contribution in [0, 0.1) is 88.0 Å². The second kappa shape index (κ2) is 68.2. The van der Waals surface area contributed by atoms with E-state index in [2.05, 4.69) is 6.07 Å². The fourth-order valence-corrected chi connectivity index (χ4v) is 0.511. The summed E-state index contributed by atoms with van der Waals surface area (Å²) in [5.41, 5.74) is 0.938. The smallest absolute Gasteiger partial charge is 0.394 e. The first kappa shape index (κ1) is 43.3. The third-order valence-corrected chi connectivity index (χ3v) is 1.02. The molecule has 0 atom stereocenters. The summed E-state index contributed by atoms with van der Waals surface area (Å²) in [6, 6.07) is 10.5. The predicted octanol–water partition coefficient (Wildman–Crippen LogP) is 7.00. The third-order valence-electron chi connectivity index (χ3n) is 1.02. The van der Waals surface area contributed by atoms with Crippen LogP contribution < -0.4 is 0 Å². The molecule has 122 valence electrons. The normalized spacial score (nSPS) is 5.09. The molecular formula is C20H34U2. The van der Waals surface area contributed by atoms with Crippen molar-refractivity contribution in [3.05, 3.63) is 67.8 Å². The van der Waals surface area contributed by atoms with Crippen LogP contribution in [0.4, 0.5) is 0 Å². The van der Waals surface area contributed by atoms with Gasteiger partial charge in [0.05, 0.1) is 0 Å². The zero-order valence-corrected chi connectivity index (χ0v) is 24.1. The second-order valence-corrected chi connectivity index (χ2v) is 1.87. The summed E-state index contributed by atoms with van der Waals surface area (Å²) in [6.45, 7) is 30.6. The first-order chi connectivity index (χ1) is 9.85. The molecule has 2 heteroatoms. The zero-order chi connectivity index (χ0) is 17.2. The van der Waals surface area contributed by atoms with Crippen molar-refractivity contribution >= 4 is 6.08 Å². The number of allylic oxidation sites excluding steroid dienone is 2. The van der Waals surface area contributed by atoms with Crippen molar-refractivity contribution in [2.24, 2.45) is 0 Å². The van der Waals surface area contributed by atoms with E-state index >= 15 is 0 Å². The molecule has 0 bridgehead atoms. The molecule has 22 heavy (non-hydrogen) atoms. The molecule has 0 saturated heterocycles. The molecule has 0 spiro atoms. The molecule has 1 aromatic rings. The number of hydrogen-bond acceptors (Lipinski definition) is 0. The molecular weight excluding hydrogens is 716 g/mol. The van der Waals surface area contributed by atoms with E-state index < -0.39 is 0 Å². The molecule has 0 amide bonds. The van der Waals surface area contributed by atoms with Gasteiger partial charge in [0.25, 0.3) is 0 Å². The van der Waals surface area contributed by atoms with Crippen LogP contribution in [0.15, 0.2) is 36.4 Å². The van der Waals surface area contributed by atoms with Gasteiger partial charge in [0.15, 0.2) is 0 Å². The van der Waals surface area contributed by atoms with Gasteiger partial charge in [0.2, 0.25) is 0 Å². The molecule has 0 aromatic heterocycles. The average molecular weight is 751 g/mol. The SMILES string of the molecule is CC.CC.CC.CC.[CH-]=CC=[CH-].[CH-]=Cc1[c-]cccc1.[U+2].[U+2]. The molecule has 0 aliphatic heterocycles. The van der Waals surface area contributed by atoms with E-state index in [0.717, 1.165) is 5.56 Å². The quantitative estimate of drug-likeness (QED) is 0.226. The summed E-state index contributed by atoms with van der Waals surface area (Å²) in [6.07, 6.45) is 4.08. The van der Waals surface area contributed by atoms with Gasteiger partial charge in [0.1, 0.15) is 0 Å². The van der Waals surface area contributed by atoms with Gasteiger partial charge in [-0.15, -0.1) is 6.07 Å². The van der Waals surface area contributed by atoms with Crippen LogP contribution in [0.5, 0.6) is 0 Å². The van der Waals surface area contributed by atoms with Crippen LogP contribution in [0.3, 0.4) is 0 Å².